The summed E-state index contributed by atoms with van der Waals surface area (Å²) < 4.78 is 0. The Morgan fingerprint density at radius 2 is 2.10 bits per heavy atom. The second-order valence-electron chi connectivity index (χ2n) is 7.79. The van der Waals surface area contributed by atoms with E-state index in [9.17, 15) is 5.11 Å². The number of rotatable bonds is 4. The molecule has 2 rings (SSSR count). The summed E-state index contributed by atoms with van der Waals surface area (Å²) >= 11 is 0. The van der Waals surface area contributed by atoms with E-state index in [0.29, 0.717) is 11.8 Å². The molecule has 0 amide bonds. The molecule has 2 aliphatic rings. The Morgan fingerprint density at radius 1 is 1.38 bits per heavy atom. The molecule has 0 aromatic rings. The normalized spacial score (nSPS) is 41.0. The molecule has 2 aliphatic carbocycles. The van der Waals surface area contributed by atoms with Crippen molar-refractivity contribution in [2.45, 2.75) is 71.3 Å². The van der Waals surface area contributed by atoms with Gasteiger partial charge in [0, 0.05) is 0 Å². The van der Waals surface area contributed by atoms with Crippen LogP contribution < -0.4 is 0 Å². The zero-order chi connectivity index (χ0) is 15.7. The Bertz CT molecular complexity index is 421. The van der Waals surface area contributed by atoms with Gasteiger partial charge < -0.3 is 10.2 Å². The van der Waals surface area contributed by atoms with Gasteiger partial charge in [-0.05, 0) is 69.6 Å². The molecule has 2 heteroatoms. The number of allylic oxidation sites excluding steroid dienone is 2. The minimum atomic E-state index is -0.512. The maximum Gasteiger partial charge on any atom is 0.0653 e. The largest absolute Gasteiger partial charge is 0.392 e. The Balaban J connectivity index is 2.17. The summed E-state index contributed by atoms with van der Waals surface area (Å²) in [6.07, 6.45) is 9.45. The summed E-state index contributed by atoms with van der Waals surface area (Å²) in [5.74, 6) is 0.904. The van der Waals surface area contributed by atoms with Crippen LogP contribution in [0.15, 0.2) is 23.8 Å². The third-order valence-electron chi connectivity index (χ3n) is 6.26. The van der Waals surface area contributed by atoms with Crippen molar-refractivity contribution in [2.75, 3.05) is 6.61 Å². The molecule has 0 aromatic carbocycles. The first kappa shape index (κ1) is 16.8. The Morgan fingerprint density at radius 3 is 2.76 bits per heavy atom. The van der Waals surface area contributed by atoms with Gasteiger partial charge in [0.2, 0.25) is 0 Å². The van der Waals surface area contributed by atoms with Gasteiger partial charge >= 0.3 is 0 Å². The minimum Gasteiger partial charge on any atom is -0.392 e. The molecular formula is C19H32O2. The lowest BCUT2D eigenvalue weighted by atomic mass is 9.49. The molecule has 2 N–H and O–H groups in total. The molecular weight excluding hydrogens is 260 g/mol. The quantitative estimate of drug-likeness (QED) is 0.761. The van der Waals surface area contributed by atoms with Crippen LogP contribution in [0.5, 0.6) is 0 Å². The molecule has 2 saturated carbocycles. The zero-order valence-corrected chi connectivity index (χ0v) is 14.0. The molecule has 0 radical (unpaired) electrons. The van der Waals surface area contributed by atoms with Gasteiger partial charge in [0.05, 0.1) is 12.2 Å². The third kappa shape index (κ3) is 3.27. The summed E-state index contributed by atoms with van der Waals surface area (Å²) in [7, 11) is 0. The number of aliphatic hydroxyl groups is 2. The third-order valence-corrected chi connectivity index (χ3v) is 6.26. The number of hydrogen-bond acceptors (Lipinski definition) is 2. The maximum atomic E-state index is 10.8. The van der Waals surface area contributed by atoms with E-state index in [1.54, 1.807) is 0 Å². The molecule has 2 nitrogen and oxygen atoms in total. The van der Waals surface area contributed by atoms with Crippen LogP contribution in [0.3, 0.4) is 0 Å². The highest BCUT2D eigenvalue weighted by Crippen LogP contribution is 2.59. The van der Waals surface area contributed by atoms with Gasteiger partial charge in [-0.15, -0.1) is 0 Å². The number of aliphatic hydroxyl groups excluding tert-OH is 1. The fourth-order valence-corrected chi connectivity index (χ4v) is 5.08. The van der Waals surface area contributed by atoms with Crippen molar-refractivity contribution in [3.05, 3.63) is 23.8 Å². The van der Waals surface area contributed by atoms with Crippen LogP contribution in [-0.2, 0) is 0 Å². The highest BCUT2D eigenvalue weighted by Gasteiger charge is 2.53. The van der Waals surface area contributed by atoms with Gasteiger partial charge in [-0.25, -0.2) is 0 Å². The van der Waals surface area contributed by atoms with E-state index >= 15 is 0 Å². The van der Waals surface area contributed by atoms with Crippen LogP contribution in [0, 0.1) is 17.3 Å². The maximum absolute atomic E-state index is 10.8. The van der Waals surface area contributed by atoms with Crippen molar-refractivity contribution in [1.29, 1.82) is 0 Å². The van der Waals surface area contributed by atoms with Gasteiger partial charge in [-0.3, -0.25) is 0 Å². The van der Waals surface area contributed by atoms with E-state index in [-0.39, 0.29) is 12.0 Å². The summed E-state index contributed by atoms with van der Waals surface area (Å²) in [5, 5.41) is 19.8. The topological polar surface area (TPSA) is 40.5 Å². The molecule has 0 spiro atoms. The fourth-order valence-electron chi connectivity index (χ4n) is 5.08. The molecule has 120 valence electrons. The first-order chi connectivity index (χ1) is 9.81. The average Bonchev–Trinajstić information content (AvgIpc) is 2.37. The highest BCUT2D eigenvalue weighted by molar-refractivity contribution is 5.17. The minimum absolute atomic E-state index is 0.131. The van der Waals surface area contributed by atoms with Gasteiger partial charge in [-0.1, -0.05) is 37.1 Å². The van der Waals surface area contributed by atoms with Gasteiger partial charge in [-0.2, -0.15) is 0 Å². The summed E-state index contributed by atoms with van der Waals surface area (Å²) in [4.78, 5) is 0. The van der Waals surface area contributed by atoms with Crippen molar-refractivity contribution in [2.24, 2.45) is 17.3 Å². The molecule has 0 heterocycles. The Hall–Kier alpha value is -0.600. The predicted octanol–water partition coefficient (Wildman–Crippen LogP) is 4.23. The molecule has 0 aliphatic heterocycles. The number of hydrogen-bond donors (Lipinski definition) is 2. The van der Waals surface area contributed by atoms with Crippen molar-refractivity contribution in [3.8, 4) is 0 Å². The smallest absolute Gasteiger partial charge is 0.0653 e. The highest BCUT2D eigenvalue weighted by atomic mass is 16.3. The Kier molecular flexibility index (Phi) is 4.99. The van der Waals surface area contributed by atoms with Gasteiger partial charge in [0.25, 0.3) is 0 Å². The van der Waals surface area contributed by atoms with Crippen LogP contribution in [0.2, 0.25) is 0 Å². The molecule has 0 unspecified atom stereocenters. The molecule has 0 bridgehead atoms. The van der Waals surface area contributed by atoms with E-state index in [2.05, 4.69) is 20.4 Å². The van der Waals surface area contributed by atoms with Crippen LogP contribution in [0.4, 0.5) is 0 Å². The lowest BCUT2D eigenvalue weighted by molar-refractivity contribution is -0.125. The molecule has 0 saturated heterocycles. The van der Waals surface area contributed by atoms with E-state index in [1.165, 1.54) is 17.6 Å². The van der Waals surface area contributed by atoms with Gasteiger partial charge in [0.1, 0.15) is 0 Å². The van der Waals surface area contributed by atoms with E-state index in [0.717, 1.165) is 38.5 Å². The van der Waals surface area contributed by atoms with Crippen molar-refractivity contribution < 1.29 is 10.2 Å². The fraction of sp³-hybridized carbons (Fsp3) is 0.789. The van der Waals surface area contributed by atoms with Crippen LogP contribution >= 0.6 is 0 Å². The first-order valence-corrected chi connectivity index (χ1v) is 8.48. The lowest BCUT2D eigenvalue weighted by Gasteiger charge is -2.57. The van der Waals surface area contributed by atoms with Crippen LogP contribution in [-0.4, -0.2) is 22.4 Å². The standard InChI is InChI=1S/C19H32O2/c1-14(10-13-20)6-8-16-15(2)7-9-17-18(16,3)11-5-12-19(17,4)21/h10,16-17,20-21H,2,5-9,11-13H2,1,3-4H3/b14-10+/t16-,17+,18+,19+/m0/s1. The second kappa shape index (κ2) is 6.26. The van der Waals surface area contributed by atoms with Crippen molar-refractivity contribution >= 4 is 0 Å². The zero-order valence-electron chi connectivity index (χ0n) is 14.0. The second-order valence-corrected chi connectivity index (χ2v) is 7.79. The van der Waals surface area contributed by atoms with Crippen LogP contribution in [0.1, 0.15) is 65.7 Å². The molecule has 0 aromatic heterocycles. The SMILES string of the molecule is C=C1CC[C@@H]2[C@](C)(CCC[C@@]2(C)O)[C@H]1CC/C(C)=C/CO. The summed E-state index contributed by atoms with van der Waals surface area (Å²) in [6, 6.07) is 0. The van der Waals surface area contributed by atoms with Crippen molar-refractivity contribution in [1.82, 2.24) is 0 Å². The van der Waals surface area contributed by atoms with Crippen LogP contribution in [0.25, 0.3) is 0 Å². The predicted molar refractivity (Wildman–Crippen MR) is 88.0 cm³/mol. The van der Waals surface area contributed by atoms with Gasteiger partial charge in [0.15, 0.2) is 0 Å². The molecule has 2 fully saturated rings. The monoisotopic (exact) mass is 292 g/mol. The van der Waals surface area contributed by atoms with E-state index < -0.39 is 5.60 Å². The summed E-state index contributed by atoms with van der Waals surface area (Å²) in [5.41, 5.74) is 2.32. The average molecular weight is 292 g/mol. The lowest BCUT2D eigenvalue weighted by Crippen LogP contribution is -2.53. The Labute approximate surface area is 130 Å². The molecule has 21 heavy (non-hydrogen) atoms. The van der Waals surface area contributed by atoms with E-state index in [1.807, 2.05) is 13.0 Å². The van der Waals surface area contributed by atoms with Crippen molar-refractivity contribution in [3.63, 3.8) is 0 Å². The summed E-state index contributed by atoms with van der Waals surface area (Å²) in [6.45, 7) is 11.0. The number of fused-ring (bicyclic) bond motifs is 1. The molecule has 4 atom stereocenters. The first-order valence-electron chi connectivity index (χ1n) is 8.48. The van der Waals surface area contributed by atoms with E-state index in [4.69, 9.17) is 5.11 Å².